The van der Waals surface area contributed by atoms with Gasteiger partial charge in [-0.2, -0.15) is 0 Å². The van der Waals surface area contributed by atoms with Crippen LogP contribution in [-0.2, 0) is 11.3 Å². The minimum atomic E-state index is -0.385. The number of ether oxygens (including phenoxy) is 1. The Hall–Kier alpha value is -1.59. The number of amides is 1. The van der Waals surface area contributed by atoms with Gasteiger partial charge < -0.3 is 9.15 Å². The number of nitrogens with one attached hydrogen (secondary N) is 1. The monoisotopic (exact) mass is 196 g/mol. The average Bonchev–Trinajstić information content (AvgIpc) is 2.66. The SMILES string of the molecule is C=CCOCc1cc(C(=O)NN)co1. The van der Waals surface area contributed by atoms with E-state index in [1.807, 2.05) is 5.43 Å². The first kappa shape index (κ1) is 10.5. The highest BCUT2D eigenvalue weighted by Gasteiger charge is 2.07. The fourth-order valence-electron chi connectivity index (χ4n) is 0.902. The molecule has 0 saturated carbocycles. The number of furan rings is 1. The van der Waals surface area contributed by atoms with Gasteiger partial charge in [0.25, 0.3) is 5.91 Å². The molecule has 0 aromatic carbocycles. The first-order chi connectivity index (χ1) is 6.77. The lowest BCUT2D eigenvalue weighted by Crippen LogP contribution is -2.29. The van der Waals surface area contributed by atoms with Crippen molar-refractivity contribution in [3.05, 3.63) is 36.3 Å². The summed E-state index contributed by atoms with van der Waals surface area (Å²) in [5.41, 5.74) is 2.39. The Balaban J connectivity index is 2.50. The van der Waals surface area contributed by atoms with Crippen LogP contribution in [0.4, 0.5) is 0 Å². The molecule has 1 aromatic heterocycles. The van der Waals surface area contributed by atoms with Crippen LogP contribution in [-0.4, -0.2) is 12.5 Å². The molecule has 0 fully saturated rings. The van der Waals surface area contributed by atoms with E-state index in [1.54, 1.807) is 12.1 Å². The predicted octanol–water partition coefficient (Wildman–Crippen LogP) is 0.586. The fraction of sp³-hybridized carbons (Fsp3) is 0.222. The van der Waals surface area contributed by atoms with E-state index in [4.69, 9.17) is 15.0 Å². The summed E-state index contributed by atoms with van der Waals surface area (Å²) in [6.07, 6.45) is 2.96. The van der Waals surface area contributed by atoms with Crippen LogP contribution in [0.5, 0.6) is 0 Å². The third-order valence-electron chi connectivity index (χ3n) is 1.53. The highest BCUT2D eigenvalue weighted by molar-refractivity contribution is 5.93. The molecule has 0 bridgehead atoms. The van der Waals surface area contributed by atoms with E-state index in [1.165, 1.54) is 6.26 Å². The summed E-state index contributed by atoms with van der Waals surface area (Å²) in [7, 11) is 0. The number of nitrogen functional groups attached to an aromatic ring is 1. The van der Waals surface area contributed by atoms with Gasteiger partial charge in [0.2, 0.25) is 0 Å². The minimum Gasteiger partial charge on any atom is -0.466 e. The fourth-order valence-corrected chi connectivity index (χ4v) is 0.902. The molecular formula is C9H12N2O3. The molecule has 5 nitrogen and oxygen atoms in total. The van der Waals surface area contributed by atoms with Crippen molar-refractivity contribution in [2.24, 2.45) is 5.84 Å². The standard InChI is InChI=1S/C9H12N2O3/c1-2-3-13-6-8-4-7(5-14-8)9(12)11-10/h2,4-5H,1,3,6,10H2,(H,11,12). The lowest BCUT2D eigenvalue weighted by molar-refractivity contribution is 0.0953. The molecule has 14 heavy (non-hydrogen) atoms. The van der Waals surface area contributed by atoms with E-state index in [9.17, 15) is 4.79 Å². The van der Waals surface area contributed by atoms with Crippen molar-refractivity contribution in [1.29, 1.82) is 0 Å². The number of carbonyl (C=O) groups is 1. The topological polar surface area (TPSA) is 77.5 Å². The Morgan fingerprint density at radius 2 is 2.57 bits per heavy atom. The van der Waals surface area contributed by atoms with Crippen molar-refractivity contribution < 1.29 is 13.9 Å². The molecule has 3 N–H and O–H groups in total. The molecule has 0 aliphatic heterocycles. The van der Waals surface area contributed by atoms with Gasteiger partial charge in [0.15, 0.2) is 0 Å². The van der Waals surface area contributed by atoms with Gasteiger partial charge in [-0.1, -0.05) is 6.08 Å². The molecule has 1 aromatic rings. The molecule has 0 atom stereocenters. The Morgan fingerprint density at radius 3 is 3.21 bits per heavy atom. The first-order valence-electron chi connectivity index (χ1n) is 4.05. The van der Waals surface area contributed by atoms with Crippen molar-refractivity contribution in [3.8, 4) is 0 Å². The van der Waals surface area contributed by atoms with Crippen molar-refractivity contribution >= 4 is 5.91 Å². The van der Waals surface area contributed by atoms with Gasteiger partial charge >= 0.3 is 0 Å². The zero-order chi connectivity index (χ0) is 10.4. The van der Waals surface area contributed by atoms with Crippen molar-refractivity contribution in [1.82, 2.24) is 5.43 Å². The highest BCUT2D eigenvalue weighted by Crippen LogP contribution is 2.08. The largest absolute Gasteiger partial charge is 0.466 e. The van der Waals surface area contributed by atoms with E-state index < -0.39 is 0 Å². The maximum Gasteiger partial charge on any atom is 0.268 e. The first-order valence-corrected chi connectivity index (χ1v) is 4.05. The minimum absolute atomic E-state index is 0.309. The summed E-state index contributed by atoms with van der Waals surface area (Å²) in [5, 5.41) is 0. The summed E-state index contributed by atoms with van der Waals surface area (Å²) >= 11 is 0. The van der Waals surface area contributed by atoms with E-state index in [-0.39, 0.29) is 5.91 Å². The van der Waals surface area contributed by atoms with Gasteiger partial charge in [0.05, 0.1) is 12.2 Å². The van der Waals surface area contributed by atoms with E-state index in [2.05, 4.69) is 6.58 Å². The number of nitrogens with two attached hydrogens (primary N) is 1. The van der Waals surface area contributed by atoms with Crippen LogP contribution < -0.4 is 11.3 Å². The molecule has 5 heteroatoms. The lowest BCUT2D eigenvalue weighted by Gasteiger charge is -1.95. The molecule has 76 valence electrons. The van der Waals surface area contributed by atoms with Crippen molar-refractivity contribution in [2.75, 3.05) is 6.61 Å². The summed E-state index contributed by atoms with van der Waals surface area (Å²) < 4.78 is 10.2. The second-order valence-corrected chi connectivity index (χ2v) is 2.58. The normalized spacial score (nSPS) is 9.79. The van der Waals surface area contributed by atoms with Crippen LogP contribution in [0.3, 0.4) is 0 Å². The van der Waals surface area contributed by atoms with Crippen molar-refractivity contribution in [2.45, 2.75) is 6.61 Å². The van der Waals surface area contributed by atoms with Crippen molar-refractivity contribution in [3.63, 3.8) is 0 Å². The number of hydrazine groups is 1. The number of hydrogen-bond acceptors (Lipinski definition) is 4. The zero-order valence-corrected chi connectivity index (χ0v) is 7.66. The molecular weight excluding hydrogens is 184 g/mol. The maximum absolute atomic E-state index is 11.0. The van der Waals surface area contributed by atoms with E-state index >= 15 is 0 Å². The molecule has 0 aliphatic rings. The summed E-state index contributed by atoms with van der Waals surface area (Å²) in [5.74, 6) is 5.14. The summed E-state index contributed by atoms with van der Waals surface area (Å²) in [6.45, 7) is 4.26. The number of carbonyl (C=O) groups excluding carboxylic acids is 1. The average molecular weight is 196 g/mol. The van der Waals surface area contributed by atoms with Crippen LogP contribution in [0.2, 0.25) is 0 Å². The Kier molecular flexibility index (Phi) is 3.90. The van der Waals surface area contributed by atoms with Crippen LogP contribution in [0.15, 0.2) is 29.4 Å². The van der Waals surface area contributed by atoms with Gasteiger partial charge in [0.1, 0.15) is 18.6 Å². The Bertz CT molecular complexity index is 320. The summed E-state index contributed by atoms with van der Waals surface area (Å²) in [6, 6.07) is 1.57. The Labute approximate surface area is 81.5 Å². The smallest absolute Gasteiger partial charge is 0.268 e. The third-order valence-corrected chi connectivity index (χ3v) is 1.53. The molecule has 0 aliphatic carbocycles. The molecule has 1 rings (SSSR count). The van der Waals surface area contributed by atoms with Crippen LogP contribution in [0, 0.1) is 0 Å². The second kappa shape index (κ2) is 5.21. The molecule has 0 unspecified atom stereocenters. The zero-order valence-electron chi connectivity index (χ0n) is 7.66. The molecule has 1 amide bonds. The van der Waals surface area contributed by atoms with Gasteiger partial charge in [0, 0.05) is 0 Å². The molecule has 1 heterocycles. The molecule has 0 spiro atoms. The Morgan fingerprint density at radius 1 is 1.79 bits per heavy atom. The second-order valence-electron chi connectivity index (χ2n) is 2.58. The van der Waals surface area contributed by atoms with Crippen LogP contribution in [0.1, 0.15) is 16.1 Å². The highest BCUT2D eigenvalue weighted by atomic mass is 16.5. The van der Waals surface area contributed by atoms with Gasteiger partial charge in [-0.25, -0.2) is 5.84 Å². The lowest BCUT2D eigenvalue weighted by atomic mass is 10.3. The van der Waals surface area contributed by atoms with Crippen LogP contribution >= 0.6 is 0 Å². The molecule has 0 radical (unpaired) electrons. The number of rotatable bonds is 5. The summed E-state index contributed by atoms with van der Waals surface area (Å²) in [4.78, 5) is 11.0. The molecule has 0 saturated heterocycles. The third kappa shape index (κ3) is 2.72. The number of hydrogen-bond donors (Lipinski definition) is 2. The predicted molar refractivity (Wildman–Crippen MR) is 50.2 cm³/mol. The van der Waals surface area contributed by atoms with E-state index in [0.717, 1.165) is 0 Å². The van der Waals surface area contributed by atoms with Crippen LogP contribution in [0.25, 0.3) is 0 Å². The van der Waals surface area contributed by atoms with Gasteiger partial charge in [-0.3, -0.25) is 10.2 Å². The van der Waals surface area contributed by atoms with E-state index in [0.29, 0.717) is 24.5 Å². The van der Waals surface area contributed by atoms with Gasteiger partial charge in [-0.05, 0) is 6.07 Å². The maximum atomic E-state index is 11.0. The van der Waals surface area contributed by atoms with Gasteiger partial charge in [-0.15, -0.1) is 6.58 Å². The quantitative estimate of drug-likeness (QED) is 0.237.